The molecule has 0 unspecified atom stereocenters. The number of aliphatic hydroxyl groups excluding tert-OH is 2. The number of esters is 2. The lowest BCUT2D eigenvalue weighted by Crippen LogP contribution is -2.66. The zero-order valence-electron chi connectivity index (χ0n) is 16.6. The second-order valence-corrected chi connectivity index (χ2v) is 8.74. The first-order valence-corrected chi connectivity index (χ1v) is 10.1. The Kier molecular flexibility index (Phi) is 4.26. The molecule has 1 aromatic rings. The van der Waals surface area contributed by atoms with Gasteiger partial charge in [0.25, 0.3) is 0 Å². The Labute approximate surface area is 173 Å². The molecule has 0 aromatic carbocycles. The molecule has 30 heavy (non-hydrogen) atoms. The van der Waals surface area contributed by atoms with Crippen molar-refractivity contribution in [2.24, 2.45) is 16.7 Å². The van der Waals surface area contributed by atoms with Crippen LogP contribution in [0.2, 0.25) is 0 Å². The number of carbonyl (C=O) groups excluding carboxylic acids is 2. The van der Waals surface area contributed by atoms with Crippen molar-refractivity contribution in [3.05, 3.63) is 48.0 Å². The van der Waals surface area contributed by atoms with Crippen molar-refractivity contribution >= 4 is 11.9 Å². The summed E-state index contributed by atoms with van der Waals surface area (Å²) in [4.78, 5) is 24.4. The molecule has 2 N–H and O–H groups in total. The van der Waals surface area contributed by atoms with E-state index in [0.717, 1.165) is 0 Å². The largest absolute Gasteiger partial charge is 0.472 e. The second-order valence-electron chi connectivity index (χ2n) is 8.74. The van der Waals surface area contributed by atoms with E-state index in [9.17, 15) is 19.8 Å². The van der Waals surface area contributed by atoms with Gasteiger partial charge in [-0.3, -0.25) is 4.79 Å². The van der Waals surface area contributed by atoms with Crippen molar-refractivity contribution in [2.75, 3.05) is 6.61 Å². The van der Waals surface area contributed by atoms with E-state index in [0.29, 0.717) is 29.6 Å². The van der Waals surface area contributed by atoms with Crippen molar-refractivity contribution in [3.63, 3.8) is 0 Å². The van der Waals surface area contributed by atoms with E-state index in [1.54, 1.807) is 12.1 Å². The topological polar surface area (TPSA) is 115 Å². The van der Waals surface area contributed by atoms with Crippen LogP contribution >= 0.6 is 0 Å². The first-order valence-electron chi connectivity index (χ1n) is 10.1. The summed E-state index contributed by atoms with van der Waals surface area (Å²) in [6.07, 6.45) is 2.14. The van der Waals surface area contributed by atoms with Gasteiger partial charge in [0.05, 0.1) is 30.7 Å². The summed E-state index contributed by atoms with van der Waals surface area (Å²) in [5.41, 5.74) is -0.0993. The molecule has 0 radical (unpaired) electrons. The molecule has 5 rings (SSSR count). The molecule has 2 aliphatic heterocycles. The molecule has 8 nitrogen and oxygen atoms in total. The van der Waals surface area contributed by atoms with E-state index in [2.05, 4.69) is 6.58 Å². The lowest BCUT2D eigenvalue weighted by molar-refractivity contribution is -0.284. The zero-order valence-corrected chi connectivity index (χ0v) is 16.6. The van der Waals surface area contributed by atoms with Crippen molar-refractivity contribution in [2.45, 2.75) is 50.8 Å². The molecule has 3 heterocycles. The molecule has 2 aliphatic carbocycles. The number of furan rings is 1. The van der Waals surface area contributed by atoms with Gasteiger partial charge < -0.3 is 28.8 Å². The lowest BCUT2D eigenvalue weighted by Gasteiger charge is -2.62. The van der Waals surface area contributed by atoms with E-state index < -0.39 is 47.4 Å². The highest BCUT2D eigenvalue weighted by molar-refractivity contribution is 5.93. The molecule has 160 valence electrons. The molecule has 4 aliphatic rings. The zero-order chi connectivity index (χ0) is 21.3. The van der Waals surface area contributed by atoms with Crippen LogP contribution in [0.4, 0.5) is 0 Å². The van der Waals surface area contributed by atoms with Gasteiger partial charge in [-0.1, -0.05) is 12.2 Å². The van der Waals surface area contributed by atoms with Gasteiger partial charge in [0.2, 0.25) is 0 Å². The predicted molar refractivity (Wildman–Crippen MR) is 100 cm³/mol. The van der Waals surface area contributed by atoms with Gasteiger partial charge in [0.15, 0.2) is 6.29 Å². The quantitative estimate of drug-likeness (QED) is 0.564. The van der Waals surface area contributed by atoms with Gasteiger partial charge >= 0.3 is 11.9 Å². The van der Waals surface area contributed by atoms with Crippen LogP contribution in [0.15, 0.2) is 46.8 Å². The Hall–Kier alpha value is -2.42. The van der Waals surface area contributed by atoms with Gasteiger partial charge in [0, 0.05) is 36.3 Å². The highest BCUT2D eigenvalue weighted by Gasteiger charge is 2.72. The highest BCUT2D eigenvalue weighted by Crippen LogP contribution is 2.69. The van der Waals surface area contributed by atoms with Crippen molar-refractivity contribution in [3.8, 4) is 0 Å². The number of hydrogen-bond acceptors (Lipinski definition) is 8. The third kappa shape index (κ3) is 2.44. The molecule has 1 aromatic heterocycles. The average Bonchev–Trinajstić information content (AvgIpc) is 3.29. The third-order valence-electron chi connectivity index (χ3n) is 7.38. The van der Waals surface area contributed by atoms with E-state index in [1.807, 2.05) is 0 Å². The van der Waals surface area contributed by atoms with Crippen LogP contribution in [-0.2, 0) is 23.8 Å². The van der Waals surface area contributed by atoms with E-state index in [-0.39, 0.29) is 18.9 Å². The number of ether oxygens (including phenoxy) is 3. The number of hydrogen-bond donors (Lipinski definition) is 2. The summed E-state index contributed by atoms with van der Waals surface area (Å²) in [5.74, 6) is -1.30. The lowest BCUT2D eigenvalue weighted by atomic mass is 9.45. The molecule has 8 heteroatoms. The molecule has 0 amide bonds. The smallest absolute Gasteiger partial charge is 0.334 e. The molecule has 2 bridgehead atoms. The fourth-order valence-electron chi connectivity index (χ4n) is 6.13. The van der Waals surface area contributed by atoms with Crippen LogP contribution in [0.25, 0.3) is 0 Å². The number of aliphatic hydroxyl groups is 2. The second kappa shape index (κ2) is 6.54. The maximum atomic E-state index is 12.6. The number of carbonyl (C=O) groups is 2. The fraction of sp³-hybridized carbons (Fsp3) is 0.545. The van der Waals surface area contributed by atoms with E-state index >= 15 is 0 Å². The molecule has 7 atom stereocenters. The van der Waals surface area contributed by atoms with E-state index in [4.69, 9.17) is 18.6 Å². The minimum absolute atomic E-state index is 0.118. The van der Waals surface area contributed by atoms with Crippen LogP contribution in [0.1, 0.15) is 37.9 Å². The Morgan fingerprint density at radius 3 is 2.93 bits per heavy atom. The van der Waals surface area contributed by atoms with Gasteiger partial charge in [-0.05, 0) is 24.5 Å². The monoisotopic (exact) mass is 416 g/mol. The fourth-order valence-corrected chi connectivity index (χ4v) is 6.13. The minimum atomic E-state index is -1.23. The summed E-state index contributed by atoms with van der Waals surface area (Å²) in [7, 11) is 0. The maximum absolute atomic E-state index is 12.6. The van der Waals surface area contributed by atoms with Crippen LogP contribution in [0.5, 0.6) is 0 Å². The normalized spacial score (nSPS) is 40.3. The van der Waals surface area contributed by atoms with Gasteiger partial charge in [-0.15, -0.1) is 0 Å². The summed E-state index contributed by atoms with van der Waals surface area (Å²) in [6.45, 7) is 5.67. The Balaban J connectivity index is 1.64. The summed E-state index contributed by atoms with van der Waals surface area (Å²) in [6, 6.07) is 1.70. The standard InChI is InChI=1S/C22H24O8/c1-11-5-18-22-10-28-20(26)21(11,8-16(29-12(2)23)13-3-4-27-9-13)17(22)7-14(24)6-15(22)19(25)30-18/h3-4,6,9,14,16-18,20,24,26H,1,5,7-8,10H2,2H3/t14-,16+,17-,18-,20-,21-,22+/m1/s1. The SMILES string of the molecule is C=C1C[C@H]2OC(=O)C3=C[C@@H](O)C[C@H]4[C@]32CO[C@@H](O)[C@]14C[C@H](OC(C)=O)c1ccoc1. The van der Waals surface area contributed by atoms with Gasteiger partial charge in [-0.25, -0.2) is 4.79 Å². The first kappa shape index (κ1) is 19.5. The minimum Gasteiger partial charge on any atom is -0.472 e. The Morgan fingerprint density at radius 1 is 1.43 bits per heavy atom. The molecule has 1 saturated carbocycles. The highest BCUT2D eigenvalue weighted by atomic mass is 16.6. The summed E-state index contributed by atoms with van der Waals surface area (Å²) >= 11 is 0. The van der Waals surface area contributed by atoms with Crippen LogP contribution < -0.4 is 0 Å². The summed E-state index contributed by atoms with van der Waals surface area (Å²) in [5, 5.41) is 21.7. The Bertz CT molecular complexity index is 933. The number of rotatable bonds is 4. The average molecular weight is 416 g/mol. The molecule has 3 fully saturated rings. The first-order chi connectivity index (χ1) is 14.3. The van der Waals surface area contributed by atoms with Crippen LogP contribution in [-0.4, -0.2) is 47.3 Å². The van der Waals surface area contributed by atoms with Crippen molar-refractivity contribution in [1.29, 1.82) is 0 Å². The molecule has 2 saturated heterocycles. The van der Waals surface area contributed by atoms with Gasteiger partial charge in [0.1, 0.15) is 12.2 Å². The summed E-state index contributed by atoms with van der Waals surface area (Å²) < 4.78 is 22.3. The molecule has 1 spiro atoms. The van der Waals surface area contributed by atoms with Crippen molar-refractivity contribution < 1.29 is 38.4 Å². The third-order valence-corrected chi connectivity index (χ3v) is 7.38. The van der Waals surface area contributed by atoms with E-state index in [1.165, 1.54) is 19.5 Å². The Morgan fingerprint density at radius 2 is 2.23 bits per heavy atom. The molecular formula is C22H24O8. The molecular weight excluding hydrogens is 392 g/mol. The van der Waals surface area contributed by atoms with Gasteiger partial charge in [-0.2, -0.15) is 0 Å². The van der Waals surface area contributed by atoms with Crippen LogP contribution in [0, 0.1) is 16.7 Å². The van der Waals surface area contributed by atoms with Crippen molar-refractivity contribution in [1.82, 2.24) is 0 Å². The predicted octanol–water partition coefficient (Wildman–Crippen LogP) is 1.79. The maximum Gasteiger partial charge on any atom is 0.334 e. The van der Waals surface area contributed by atoms with Crippen LogP contribution in [0.3, 0.4) is 0 Å².